The van der Waals surface area contributed by atoms with Crippen LogP contribution in [0.15, 0.2) is 72.0 Å². The van der Waals surface area contributed by atoms with Crippen LogP contribution < -0.4 is 10.6 Å². The highest BCUT2D eigenvalue weighted by molar-refractivity contribution is 7.89. The molecule has 0 saturated carbocycles. The number of halogens is 1. The van der Waals surface area contributed by atoms with E-state index in [0.717, 1.165) is 12.8 Å². The summed E-state index contributed by atoms with van der Waals surface area (Å²) in [5.74, 6) is -0.721. The first-order chi connectivity index (χ1) is 16.8. The summed E-state index contributed by atoms with van der Waals surface area (Å²) in [7, 11) is -4.00. The monoisotopic (exact) mass is 513 g/mol. The van der Waals surface area contributed by atoms with Gasteiger partial charge in [0, 0.05) is 36.2 Å². The van der Waals surface area contributed by atoms with E-state index in [4.69, 9.17) is 11.6 Å². The molecule has 1 aromatic heterocycles. The molecule has 4 rings (SSSR count). The van der Waals surface area contributed by atoms with Gasteiger partial charge in [-0.25, -0.2) is 13.4 Å². The van der Waals surface area contributed by atoms with Crippen LogP contribution in [0.4, 0.5) is 5.69 Å². The zero-order valence-electron chi connectivity index (χ0n) is 18.7. The van der Waals surface area contributed by atoms with E-state index in [9.17, 15) is 18.0 Å². The summed E-state index contributed by atoms with van der Waals surface area (Å²) in [6.07, 6.45) is 6.20. The Balaban J connectivity index is 1.58. The number of benzene rings is 2. The van der Waals surface area contributed by atoms with Gasteiger partial charge in [0.05, 0.1) is 11.1 Å². The van der Waals surface area contributed by atoms with Gasteiger partial charge in [-0.1, -0.05) is 23.7 Å². The minimum absolute atomic E-state index is 0.0125. The summed E-state index contributed by atoms with van der Waals surface area (Å²) in [6.45, 7) is 0.506. The highest BCUT2D eigenvalue weighted by atomic mass is 35.5. The Morgan fingerprint density at radius 2 is 1.83 bits per heavy atom. The maximum absolute atomic E-state index is 13.6. The van der Waals surface area contributed by atoms with E-state index < -0.39 is 22.0 Å². The van der Waals surface area contributed by atoms with Crippen LogP contribution in [0, 0.1) is 0 Å². The van der Waals surface area contributed by atoms with Crippen LogP contribution in [0.2, 0.25) is 5.02 Å². The van der Waals surface area contributed by atoms with Crippen LogP contribution in [0.3, 0.4) is 0 Å². The molecule has 35 heavy (non-hydrogen) atoms. The van der Waals surface area contributed by atoms with E-state index in [1.54, 1.807) is 24.3 Å². The van der Waals surface area contributed by atoms with Gasteiger partial charge in [0.1, 0.15) is 11.7 Å². The Hall–Kier alpha value is -3.34. The Labute approximate surface area is 208 Å². The van der Waals surface area contributed by atoms with Crippen molar-refractivity contribution >= 4 is 39.1 Å². The van der Waals surface area contributed by atoms with Crippen LogP contribution in [0.1, 0.15) is 35.3 Å². The number of anilines is 1. The molecule has 1 saturated heterocycles. The van der Waals surface area contributed by atoms with Gasteiger partial charge < -0.3 is 10.6 Å². The van der Waals surface area contributed by atoms with Crippen molar-refractivity contribution in [3.63, 3.8) is 0 Å². The summed E-state index contributed by atoms with van der Waals surface area (Å²) in [5, 5.41) is 5.96. The number of aromatic nitrogens is 2. The zero-order valence-corrected chi connectivity index (χ0v) is 20.3. The molecular weight excluding hydrogens is 490 g/mol. The van der Waals surface area contributed by atoms with Gasteiger partial charge in [0.2, 0.25) is 15.9 Å². The molecule has 11 heteroatoms. The van der Waals surface area contributed by atoms with Crippen molar-refractivity contribution in [1.29, 1.82) is 0 Å². The molecule has 0 spiro atoms. The maximum Gasteiger partial charge on any atom is 0.275 e. The van der Waals surface area contributed by atoms with Crippen molar-refractivity contribution in [2.75, 3.05) is 11.9 Å². The standard InChI is InChI=1S/C24H24ClN5O4S/c25-18-6-10-20(11-7-18)35(33,34)30(22-3-1-2-12-28-24(22)32)16-17-4-8-19(9-5-17)29-23(31)21-15-26-13-14-27-21/h4-11,13-15,22H,1-3,12,16H2,(H,28,32)(H,29,31)/t22-/m1/s1. The number of sulfonamides is 1. The lowest BCUT2D eigenvalue weighted by atomic mass is 10.1. The smallest absolute Gasteiger partial charge is 0.275 e. The van der Waals surface area contributed by atoms with Crippen LogP contribution in [-0.2, 0) is 21.4 Å². The highest BCUT2D eigenvalue weighted by Gasteiger charge is 2.36. The van der Waals surface area contributed by atoms with Gasteiger partial charge in [-0.15, -0.1) is 0 Å². The van der Waals surface area contributed by atoms with E-state index in [-0.39, 0.29) is 23.0 Å². The summed E-state index contributed by atoms with van der Waals surface area (Å²) < 4.78 is 28.5. The van der Waals surface area contributed by atoms with Gasteiger partial charge in [0.25, 0.3) is 5.91 Å². The van der Waals surface area contributed by atoms with Crippen LogP contribution in [0.25, 0.3) is 0 Å². The molecule has 0 aliphatic carbocycles. The average Bonchev–Trinajstić information content (AvgIpc) is 3.08. The molecule has 2 heterocycles. The number of carbonyl (C=O) groups excluding carboxylic acids is 2. The molecule has 1 atom stereocenters. The summed E-state index contributed by atoms with van der Waals surface area (Å²) in [5.41, 5.74) is 1.36. The van der Waals surface area contributed by atoms with Gasteiger partial charge >= 0.3 is 0 Å². The SMILES string of the molecule is O=C(Nc1ccc(CN([C@@H]2CCCCNC2=O)S(=O)(=O)c2ccc(Cl)cc2)cc1)c1cnccn1. The molecule has 9 nitrogen and oxygen atoms in total. The van der Waals surface area contributed by atoms with E-state index in [2.05, 4.69) is 20.6 Å². The lowest BCUT2D eigenvalue weighted by molar-refractivity contribution is -0.124. The lowest BCUT2D eigenvalue weighted by Crippen LogP contribution is -2.48. The normalized spacial score (nSPS) is 16.4. The van der Waals surface area contributed by atoms with E-state index in [1.165, 1.54) is 47.2 Å². The molecule has 1 aliphatic rings. The third kappa shape index (κ3) is 6.02. The minimum Gasteiger partial charge on any atom is -0.355 e. The quantitative estimate of drug-likeness (QED) is 0.500. The van der Waals surface area contributed by atoms with E-state index >= 15 is 0 Å². The molecule has 2 aromatic carbocycles. The molecule has 2 N–H and O–H groups in total. The second-order valence-electron chi connectivity index (χ2n) is 8.05. The number of nitrogens with one attached hydrogen (secondary N) is 2. The van der Waals surface area contributed by atoms with Crippen LogP contribution in [-0.4, -0.2) is 47.1 Å². The van der Waals surface area contributed by atoms with Gasteiger partial charge in [-0.2, -0.15) is 4.31 Å². The fraction of sp³-hybridized carbons (Fsp3) is 0.250. The molecule has 0 unspecified atom stereocenters. The molecular formula is C24H24ClN5O4S. The van der Waals surface area contributed by atoms with Crippen molar-refractivity contribution in [1.82, 2.24) is 19.6 Å². The molecule has 2 amide bonds. The lowest BCUT2D eigenvalue weighted by Gasteiger charge is -2.29. The Kier molecular flexibility index (Phi) is 7.74. The van der Waals surface area contributed by atoms with Gasteiger partial charge in [0.15, 0.2) is 0 Å². The van der Waals surface area contributed by atoms with Crippen molar-refractivity contribution in [3.05, 3.63) is 83.4 Å². The number of carbonyl (C=O) groups is 2. The van der Waals surface area contributed by atoms with Gasteiger partial charge in [-0.3, -0.25) is 14.6 Å². The first kappa shape index (κ1) is 24.8. The second kappa shape index (κ2) is 10.9. The fourth-order valence-electron chi connectivity index (χ4n) is 3.79. The average molecular weight is 514 g/mol. The predicted octanol–water partition coefficient (Wildman–Crippen LogP) is 3.24. The highest BCUT2D eigenvalue weighted by Crippen LogP contribution is 2.26. The first-order valence-electron chi connectivity index (χ1n) is 11.1. The Morgan fingerprint density at radius 1 is 1.09 bits per heavy atom. The molecule has 0 radical (unpaired) electrons. The zero-order chi connectivity index (χ0) is 24.8. The Bertz CT molecular complexity index is 1290. The van der Waals surface area contributed by atoms with Crippen molar-refractivity contribution in [3.8, 4) is 0 Å². The largest absolute Gasteiger partial charge is 0.355 e. The number of nitrogens with zero attached hydrogens (tertiary/aromatic N) is 3. The third-order valence-electron chi connectivity index (χ3n) is 5.62. The summed E-state index contributed by atoms with van der Waals surface area (Å²) in [6, 6.07) is 11.8. The maximum atomic E-state index is 13.6. The first-order valence-corrected chi connectivity index (χ1v) is 12.9. The minimum atomic E-state index is -4.00. The van der Waals surface area contributed by atoms with Crippen molar-refractivity contribution < 1.29 is 18.0 Å². The van der Waals surface area contributed by atoms with E-state index in [1.807, 2.05) is 0 Å². The summed E-state index contributed by atoms with van der Waals surface area (Å²) in [4.78, 5) is 33.0. The number of hydrogen-bond acceptors (Lipinski definition) is 6. The second-order valence-corrected chi connectivity index (χ2v) is 10.4. The van der Waals surface area contributed by atoms with Crippen LogP contribution in [0.5, 0.6) is 0 Å². The van der Waals surface area contributed by atoms with Gasteiger partial charge in [-0.05, 0) is 61.2 Å². The molecule has 0 bridgehead atoms. The fourth-order valence-corrected chi connectivity index (χ4v) is 5.52. The van der Waals surface area contributed by atoms with Crippen molar-refractivity contribution in [2.45, 2.75) is 36.7 Å². The topological polar surface area (TPSA) is 121 Å². The number of amides is 2. The molecule has 182 valence electrons. The molecule has 1 aliphatic heterocycles. The predicted molar refractivity (Wildman–Crippen MR) is 131 cm³/mol. The third-order valence-corrected chi connectivity index (χ3v) is 7.74. The van der Waals surface area contributed by atoms with Crippen LogP contribution >= 0.6 is 11.6 Å². The molecule has 3 aromatic rings. The number of hydrogen-bond donors (Lipinski definition) is 2. The Morgan fingerprint density at radius 3 is 2.51 bits per heavy atom. The summed E-state index contributed by atoms with van der Waals surface area (Å²) >= 11 is 5.94. The number of rotatable bonds is 7. The van der Waals surface area contributed by atoms with Crippen molar-refractivity contribution in [2.24, 2.45) is 0 Å². The molecule has 1 fully saturated rings. The van der Waals surface area contributed by atoms with E-state index in [0.29, 0.717) is 29.2 Å².